The zero-order valence-corrected chi connectivity index (χ0v) is 13.3. The zero-order chi connectivity index (χ0) is 14.8. The van der Waals surface area contributed by atoms with Crippen LogP contribution in [-0.4, -0.2) is 28.0 Å². The van der Waals surface area contributed by atoms with Gasteiger partial charge in [-0.15, -0.1) is 10.2 Å². The SMILES string of the molecule is O=C1c2cc(Cl)nnc2Oc2ccccc2N1CCCBr. The summed E-state index contributed by atoms with van der Waals surface area (Å²) in [6.07, 6.45) is 0.821. The Morgan fingerprint density at radius 3 is 2.90 bits per heavy atom. The molecule has 0 radical (unpaired) electrons. The van der Waals surface area contributed by atoms with E-state index in [0.29, 0.717) is 17.9 Å². The van der Waals surface area contributed by atoms with Gasteiger partial charge in [-0.1, -0.05) is 39.7 Å². The Hall–Kier alpha value is -1.66. The first-order valence-electron chi connectivity index (χ1n) is 6.38. The van der Waals surface area contributed by atoms with E-state index < -0.39 is 0 Å². The highest BCUT2D eigenvalue weighted by Crippen LogP contribution is 2.37. The van der Waals surface area contributed by atoms with E-state index in [1.54, 1.807) is 11.0 Å². The number of benzene rings is 1. The number of alkyl halides is 1. The van der Waals surface area contributed by atoms with Crippen LogP contribution in [-0.2, 0) is 0 Å². The number of anilines is 1. The van der Waals surface area contributed by atoms with Crippen LogP contribution in [0.2, 0.25) is 5.15 Å². The van der Waals surface area contributed by atoms with Crippen molar-refractivity contribution in [3.8, 4) is 11.6 Å². The fourth-order valence-corrected chi connectivity index (χ4v) is 2.55. The van der Waals surface area contributed by atoms with Gasteiger partial charge in [0.05, 0.1) is 5.69 Å². The Morgan fingerprint density at radius 1 is 1.29 bits per heavy atom. The minimum atomic E-state index is -0.187. The highest BCUT2D eigenvalue weighted by atomic mass is 79.9. The standard InChI is InChI=1S/C14H11BrClN3O2/c15-6-3-7-19-10-4-1-2-5-11(10)21-13-9(14(19)20)8-12(16)17-18-13/h1-2,4-5,8H,3,6-7H2. The molecule has 0 atom stereocenters. The van der Waals surface area contributed by atoms with Gasteiger partial charge in [-0.05, 0) is 24.6 Å². The Balaban J connectivity index is 2.13. The highest BCUT2D eigenvalue weighted by molar-refractivity contribution is 9.09. The molecule has 1 aromatic heterocycles. The predicted octanol–water partition coefficient (Wildman–Crippen LogP) is 3.67. The van der Waals surface area contributed by atoms with Crippen LogP contribution in [0.1, 0.15) is 16.8 Å². The molecule has 0 spiro atoms. The lowest BCUT2D eigenvalue weighted by atomic mass is 10.2. The number of aromatic nitrogens is 2. The monoisotopic (exact) mass is 367 g/mol. The second kappa shape index (κ2) is 5.99. The molecule has 108 valence electrons. The molecule has 0 fully saturated rings. The van der Waals surface area contributed by atoms with Crippen LogP contribution >= 0.6 is 27.5 Å². The summed E-state index contributed by atoms with van der Waals surface area (Å²) in [5, 5.41) is 8.59. The van der Waals surface area contributed by atoms with E-state index in [4.69, 9.17) is 16.3 Å². The maximum atomic E-state index is 12.8. The van der Waals surface area contributed by atoms with E-state index in [9.17, 15) is 4.79 Å². The van der Waals surface area contributed by atoms with Gasteiger partial charge in [0.25, 0.3) is 11.8 Å². The number of halogens is 2. The van der Waals surface area contributed by atoms with E-state index in [1.807, 2.05) is 18.2 Å². The number of amides is 1. The summed E-state index contributed by atoms with van der Waals surface area (Å²) < 4.78 is 5.73. The van der Waals surface area contributed by atoms with Crippen molar-refractivity contribution in [3.63, 3.8) is 0 Å². The lowest BCUT2D eigenvalue weighted by Gasteiger charge is -2.21. The molecule has 0 bridgehead atoms. The number of nitrogens with zero attached hydrogens (tertiary/aromatic N) is 3. The molecule has 2 aromatic rings. The quantitative estimate of drug-likeness (QED) is 0.776. The normalized spacial score (nSPS) is 13.2. The van der Waals surface area contributed by atoms with Gasteiger partial charge in [-0.2, -0.15) is 0 Å². The lowest BCUT2D eigenvalue weighted by Crippen LogP contribution is -2.31. The summed E-state index contributed by atoms with van der Waals surface area (Å²) in [5.74, 6) is 0.571. The molecule has 2 heterocycles. The third kappa shape index (κ3) is 2.73. The van der Waals surface area contributed by atoms with Crippen molar-refractivity contribution < 1.29 is 9.53 Å². The number of fused-ring (bicyclic) bond motifs is 2. The molecule has 1 aliphatic heterocycles. The number of hydrogen-bond donors (Lipinski definition) is 0. The van der Waals surface area contributed by atoms with Crippen molar-refractivity contribution in [3.05, 3.63) is 41.0 Å². The van der Waals surface area contributed by atoms with Gasteiger partial charge < -0.3 is 9.64 Å². The van der Waals surface area contributed by atoms with Gasteiger partial charge in [0, 0.05) is 11.9 Å². The molecule has 0 saturated heterocycles. The summed E-state index contributed by atoms with van der Waals surface area (Å²) >= 11 is 9.24. The van der Waals surface area contributed by atoms with Crippen LogP contribution in [0.25, 0.3) is 0 Å². The summed E-state index contributed by atoms with van der Waals surface area (Å²) in [5.41, 5.74) is 1.04. The molecule has 0 saturated carbocycles. The average Bonchev–Trinajstić information content (AvgIpc) is 2.61. The minimum absolute atomic E-state index is 0.164. The number of ether oxygens (including phenoxy) is 1. The summed E-state index contributed by atoms with van der Waals surface area (Å²) in [6.45, 7) is 0.573. The van der Waals surface area contributed by atoms with Crippen LogP contribution < -0.4 is 9.64 Å². The van der Waals surface area contributed by atoms with Gasteiger partial charge in [-0.3, -0.25) is 4.79 Å². The van der Waals surface area contributed by atoms with Gasteiger partial charge in [0.2, 0.25) is 0 Å². The van der Waals surface area contributed by atoms with E-state index in [0.717, 1.165) is 17.4 Å². The second-order valence-electron chi connectivity index (χ2n) is 4.46. The third-order valence-corrected chi connectivity index (χ3v) is 3.83. The number of rotatable bonds is 3. The Bertz CT molecular complexity index is 696. The molecule has 1 aliphatic rings. The highest BCUT2D eigenvalue weighted by Gasteiger charge is 2.29. The van der Waals surface area contributed by atoms with Gasteiger partial charge in [0.1, 0.15) is 5.56 Å². The van der Waals surface area contributed by atoms with Crippen LogP contribution in [0.15, 0.2) is 30.3 Å². The van der Waals surface area contributed by atoms with Crippen molar-refractivity contribution in [1.29, 1.82) is 0 Å². The number of para-hydroxylation sites is 2. The van der Waals surface area contributed by atoms with Gasteiger partial charge in [0.15, 0.2) is 10.9 Å². The van der Waals surface area contributed by atoms with Crippen molar-refractivity contribution in [2.75, 3.05) is 16.8 Å². The number of hydrogen-bond acceptors (Lipinski definition) is 4. The molecule has 3 rings (SSSR count). The number of carbonyl (C=O) groups is 1. The summed E-state index contributed by atoms with van der Waals surface area (Å²) in [4.78, 5) is 14.4. The molecule has 21 heavy (non-hydrogen) atoms. The Morgan fingerprint density at radius 2 is 2.10 bits per heavy atom. The molecule has 7 heteroatoms. The molecule has 1 aromatic carbocycles. The van der Waals surface area contributed by atoms with Gasteiger partial charge >= 0.3 is 0 Å². The predicted molar refractivity (Wildman–Crippen MR) is 83.6 cm³/mol. The van der Waals surface area contributed by atoms with Crippen LogP contribution in [0.3, 0.4) is 0 Å². The minimum Gasteiger partial charge on any atom is -0.435 e. The van der Waals surface area contributed by atoms with E-state index >= 15 is 0 Å². The van der Waals surface area contributed by atoms with Crippen molar-refractivity contribution in [2.24, 2.45) is 0 Å². The Kier molecular flexibility index (Phi) is 4.07. The number of carbonyl (C=O) groups excluding carboxylic acids is 1. The largest absolute Gasteiger partial charge is 0.435 e. The van der Waals surface area contributed by atoms with E-state index in [-0.39, 0.29) is 16.9 Å². The first-order valence-corrected chi connectivity index (χ1v) is 7.88. The third-order valence-electron chi connectivity index (χ3n) is 3.08. The van der Waals surface area contributed by atoms with Crippen molar-refractivity contribution >= 4 is 39.1 Å². The molecular formula is C14H11BrClN3O2. The van der Waals surface area contributed by atoms with Crippen LogP contribution in [0.4, 0.5) is 5.69 Å². The summed E-state index contributed by atoms with van der Waals surface area (Å²) in [7, 11) is 0. The fourth-order valence-electron chi connectivity index (χ4n) is 2.15. The van der Waals surface area contributed by atoms with Crippen LogP contribution in [0.5, 0.6) is 11.6 Å². The van der Waals surface area contributed by atoms with Crippen molar-refractivity contribution in [2.45, 2.75) is 6.42 Å². The molecular weight excluding hydrogens is 358 g/mol. The molecule has 1 amide bonds. The Labute approximate surface area is 135 Å². The van der Waals surface area contributed by atoms with Gasteiger partial charge in [-0.25, -0.2) is 0 Å². The van der Waals surface area contributed by atoms with Crippen LogP contribution in [0, 0.1) is 0 Å². The van der Waals surface area contributed by atoms with E-state index in [1.165, 1.54) is 6.07 Å². The second-order valence-corrected chi connectivity index (χ2v) is 5.64. The molecule has 0 aliphatic carbocycles. The van der Waals surface area contributed by atoms with Crippen molar-refractivity contribution in [1.82, 2.24) is 10.2 Å². The first kappa shape index (κ1) is 14.3. The average molecular weight is 369 g/mol. The molecule has 0 N–H and O–H groups in total. The smallest absolute Gasteiger partial charge is 0.264 e. The molecule has 5 nitrogen and oxygen atoms in total. The maximum Gasteiger partial charge on any atom is 0.264 e. The first-order chi connectivity index (χ1) is 10.2. The van der Waals surface area contributed by atoms with E-state index in [2.05, 4.69) is 26.1 Å². The topological polar surface area (TPSA) is 55.3 Å². The lowest BCUT2D eigenvalue weighted by molar-refractivity contribution is 0.0986. The fraction of sp³-hybridized carbons (Fsp3) is 0.214. The summed E-state index contributed by atoms with van der Waals surface area (Å²) in [6, 6.07) is 8.85. The zero-order valence-electron chi connectivity index (χ0n) is 10.9. The molecule has 0 unspecified atom stereocenters. The maximum absolute atomic E-state index is 12.8.